The van der Waals surface area contributed by atoms with Crippen LogP contribution >= 0.6 is 0 Å². The van der Waals surface area contributed by atoms with Crippen LogP contribution < -0.4 is 5.73 Å². The minimum absolute atomic E-state index is 0.191. The van der Waals surface area contributed by atoms with Gasteiger partial charge in [-0.3, -0.25) is 0 Å². The van der Waals surface area contributed by atoms with Crippen molar-refractivity contribution < 1.29 is 13.5 Å². The van der Waals surface area contributed by atoms with Gasteiger partial charge in [0.25, 0.3) is 0 Å². The smallest absolute Gasteiger partial charge is 0.169 e. The average molecular weight is 249 g/mol. The number of rotatable bonds is 3. The van der Waals surface area contributed by atoms with E-state index in [1.54, 1.807) is 6.07 Å². The molecule has 2 unspecified atom stereocenters. The molecule has 0 radical (unpaired) electrons. The summed E-state index contributed by atoms with van der Waals surface area (Å²) in [5.41, 5.74) is 6.41. The third kappa shape index (κ3) is 2.13. The monoisotopic (exact) mass is 249 g/mol. The molecule has 1 aromatic heterocycles. The Balaban J connectivity index is 1.82. The number of nitrogens with two attached hydrogens (primary N) is 1. The summed E-state index contributed by atoms with van der Waals surface area (Å²) < 4.78 is 24.4. The van der Waals surface area contributed by atoms with Gasteiger partial charge in [0.15, 0.2) is 11.4 Å². The van der Waals surface area contributed by atoms with Gasteiger partial charge in [-0.05, 0) is 30.9 Å². The molecule has 1 aliphatic heterocycles. The quantitative estimate of drug-likeness (QED) is 0.909. The first-order chi connectivity index (χ1) is 8.74. The van der Waals surface area contributed by atoms with Crippen molar-refractivity contribution in [1.29, 1.82) is 0 Å². The van der Waals surface area contributed by atoms with Crippen molar-refractivity contribution in [2.45, 2.75) is 18.9 Å². The highest BCUT2D eigenvalue weighted by Gasteiger charge is 2.22. The molecule has 2 N–H and O–H groups in total. The number of furan rings is 1. The number of fused-ring (bicyclic) bond motifs is 1. The number of hydrogen-bond donors (Lipinski definition) is 1. The zero-order valence-corrected chi connectivity index (χ0v) is 10.1. The lowest BCUT2D eigenvalue weighted by molar-refractivity contribution is 0.182. The summed E-state index contributed by atoms with van der Waals surface area (Å²) in [5, 5.41) is 0.767. The van der Waals surface area contributed by atoms with Crippen LogP contribution in [0.25, 0.3) is 11.0 Å². The van der Waals surface area contributed by atoms with Crippen LogP contribution in [-0.4, -0.2) is 13.2 Å². The van der Waals surface area contributed by atoms with Crippen molar-refractivity contribution in [3.8, 4) is 0 Å². The van der Waals surface area contributed by atoms with E-state index in [2.05, 4.69) is 0 Å². The molecule has 18 heavy (non-hydrogen) atoms. The Morgan fingerprint density at radius 3 is 3.06 bits per heavy atom. The molecule has 96 valence electrons. The van der Waals surface area contributed by atoms with Gasteiger partial charge in [-0.2, -0.15) is 0 Å². The normalized spacial score (nSPS) is 21.6. The average Bonchev–Trinajstić information content (AvgIpc) is 2.97. The van der Waals surface area contributed by atoms with E-state index >= 15 is 0 Å². The fourth-order valence-corrected chi connectivity index (χ4v) is 2.47. The second-order valence-electron chi connectivity index (χ2n) is 4.88. The maximum Gasteiger partial charge on any atom is 0.169 e. The number of halogens is 1. The topological polar surface area (TPSA) is 48.4 Å². The number of ether oxygens (including phenoxy) is 1. The van der Waals surface area contributed by atoms with Crippen LogP contribution in [0, 0.1) is 11.7 Å². The van der Waals surface area contributed by atoms with Gasteiger partial charge in [0.2, 0.25) is 0 Å². The van der Waals surface area contributed by atoms with Crippen molar-refractivity contribution in [2.75, 3.05) is 13.2 Å². The molecule has 4 heteroatoms. The second-order valence-corrected chi connectivity index (χ2v) is 4.88. The fraction of sp³-hybridized carbons (Fsp3) is 0.429. The summed E-state index contributed by atoms with van der Waals surface area (Å²) in [6, 6.07) is 6.54. The van der Waals surface area contributed by atoms with E-state index in [9.17, 15) is 4.39 Å². The molecule has 0 spiro atoms. The molecule has 1 aromatic carbocycles. The highest BCUT2D eigenvalue weighted by atomic mass is 19.1. The number of benzene rings is 1. The van der Waals surface area contributed by atoms with Crippen LogP contribution in [0.15, 0.2) is 28.7 Å². The van der Waals surface area contributed by atoms with Gasteiger partial charge in [-0.1, -0.05) is 12.1 Å². The molecule has 2 heterocycles. The Morgan fingerprint density at radius 2 is 2.33 bits per heavy atom. The van der Waals surface area contributed by atoms with Gasteiger partial charge in [0.05, 0.1) is 6.04 Å². The predicted octanol–water partition coefficient (Wildman–Crippen LogP) is 3.00. The fourth-order valence-electron chi connectivity index (χ4n) is 2.47. The van der Waals surface area contributed by atoms with E-state index in [4.69, 9.17) is 14.9 Å². The summed E-state index contributed by atoms with van der Waals surface area (Å²) in [5.74, 6) is 0.801. The van der Waals surface area contributed by atoms with Crippen LogP contribution in [0.5, 0.6) is 0 Å². The molecule has 1 aliphatic rings. The molecule has 3 nitrogen and oxygen atoms in total. The lowest BCUT2D eigenvalue weighted by atomic mass is 9.98. The number of para-hydroxylation sites is 1. The van der Waals surface area contributed by atoms with Gasteiger partial charge in [-0.25, -0.2) is 4.39 Å². The van der Waals surface area contributed by atoms with Crippen LogP contribution in [-0.2, 0) is 4.74 Å². The van der Waals surface area contributed by atoms with Crippen LogP contribution in [0.2, 0.25) is 0 Å². The van der Waals surface area contributed by atoms with Gasteiger partial charge >= 0.3 is 0 Å². The van der Waals surface area contributed by atoms with E-state index in [1.165, 1.54) is 6.07 Å². The molecule has 2 aromatic rings. The van der Waals surface area contributed by atoms with Crippen molar-refractivity contribution in [1.82, 2.24) is 0 Å². The van der Waals surface area contributed by atoms with Crippen molar-refractivity contribution >= 4 is 11.0 Å². The zero-order chi connectivity index (χ0) is 12.5. The summed E-state index contributed by atoms with van der Waals surface area (Å²) in [6.45, 7) is 1.58. The van der Waals surface area contributed by atoms with E-state index in [1.807, 2.05) is 12.1 Å². The predicted molar refractivity (Wildman–Crippen MR) is 66.6 cm³/mol. The third-order valence-corrected chi connectivity index (χ3v) is 3.49. The summed E-state index contributed by atoms with van der Waals surface area (Å²) in [7, 11) is 0. The molecule has 0 saturated carbocycles. The molecule has 0 bridgehead atoms. The van der Waals surface area contributed by atoms with Gasteiger partial charge < -0.3 is 14.9 Å². The van der Waals surface area contributed by atoms with E-state index in [0.717, 1.165) is 31.4 Å². The van der Waals surface area contributed by atoms with Crippen molar-refractivity contribution in [3.63, 3.8) is 0 Å². The van der Waals surface area contributed by atoms with Crippen molar-refractivity contribution in [2.24, 2.45) is 11.7 Å². The molecule has 0 aliphatic carbocycles. The maximum absolute atomic E-state index is 13.5. The van der Waals surface area contributed by atoms with Crippen LogP contribution in [0.4, 0.5) is 4.39 Å². The maximum atomic E-state index is 13.5. The first-order valence-electron chi connectivity index (χ1n) is 6.25. The lowest BCUT2D eigenvalue weighted by Crippen LogP contribution is -2.15. The third-order valence-electron chi connectivity index (χ3n) is 3.49. The molecular formula is C14H16FNO2. The molecule has 0 amide bonds. The first kappa shape index (κ1) is 11.7. The Bertz CT molecular complexity index is 546. The van der Waals surface area contributed by atoms with E-state index in [0.29, 0.717) is 17.3 Å². The molecular weight excluding hydrogens is 233 g/mol. The van der Waals surface area contributed by atoms with E-state index in [-0.39, 0.29) is 11.9 Å². The summed E-state index contributed by atoms with van der Waals surface area (Å²) in [4.78, 5) is 0. The number of hydrogen-bond acceptors (Lipinski definition) is 3. The minimum atomic E-state index is -0.338. The Morgan fingerprint density at radius 1 is 1.44 bits per heavy atom. The Kier molecular flexibility index (Phi) is 3.06. The second kappa shape index (κ2) is 4.71. The highest BCUT2D eigenvalue weighted by Crippen LogP contribution is 2.29. The largest absolute Gasteiger partial charge is 0.456 e. The van der Waals surface area contributed by atoms with Crippen LogP contribution in [0.3, 0.4) is 0 Å². The highest BCUT2D eigenvalue weighted by molar-refractivity contribution is 5.78. The summed E-state index contributed by atoms with van der Waals surface area (Å²) in [6.07, 6.45) is 1.86. The lowest BCUT2D eigenvalue weighted by Gasteiger charge is -2.12. The SMILES string of the molecule is NC(CC1CCOC1)c1cc2cccc(F)c2o1. The van der Waals surface area contributed by atoms with Gasteiger partial charge in [-0.15, -0.1) is 0 Å². The van der Waals surface area contributed by atoms with Crippen LogP contribution in [0.1, 0.15) is 24.6 Å². The zero-order valence-electron chi connectivity index (χ0n) is 10.1. The Hall–Kier alpha value is -1.39. The summed E-state index contributed by atoms with van der Waals surface area (Å²) >= 11 is 0. The molecule has 1 saturated heterocycles. The van der Waals surface area contributed by atoms with E-state index < -0.39 is 0 Å². The molecule has 3 rings (SSSR count). The molecule has 2 atom stereocenters. The standard InChI is InChI=1S/C14H16FNO2/c15-11-3-1-2-10-7-13(18-14(10)11)12(16)6-9-4-5-17-8-9/h1-3,7,9,12H,4-6,8,16H2. The molecule has 1 fully saturated rings. The minimum Gasteiger partial charge on any atom is -0.456 e. The Labute approximate surface area is 105 Å². The van der Waals surface area contributed by atoms with Gasteiger partial charge in [0, 0.05) is 18.6 Å². The van der Waals surface area contributed by atoms with Crippen molar-refractivity contribution in [3.05, 3.63) is 35.8 Å². The first-order valence-corrected chi connectivity index (χ1v) is 6.25. The van der Waals surface area contributed by atoms with Gasteiger partial charge in [0.1, 0.15) is 5.76 Å².